The van der Waals surface area contributed by atoms with Crippen LogP contribution in [-0.4, -0.2) is 34.7 Å². The van der Waals surface area contributed by atoms with Gasteiger partial charge in [-0.3, -0.25) is 0 Å². The fourth-order valence-corrected chi connectivity index (χ4v) is 5.68. The molecule has 3 rings (SSSR count). The molecule has 0 aromatic heterocycles. The quantitative estimate of drug-likeness (QED) is 0.724. The van der Waals surface area contributed by atoms with Gasteiger partial charge in [0.1, 0.15) is 0 Å². The fourth-order valence-electron chi connectivity index (χ4n) is 3.00. The van der Waals surface area contributed by atoms with Crippen LogP contribution in [0, 0.1) is 0 Å². The highest BCUT2D eigenvalue weighted by molar-refractivity contribution is 7.90. The normalized spacial score (nSPS) is 19.7. The van der Waals surface area contributed by atoms with Gasteiger partial charge in [0.15, 0.2) is 0 Å². The molecule has 2 fully saturated rings. The zero-order chi connectivity index (χ0) is 17.2. The van der Waals surface area contributed by atoms with E-state index in [1.165, 1.54) is 0 Å². The van der Waals surface area contributed by atoms with E-state index in [-0.39, 0.29) is 16.2 Å². The lowest BCUT2D eigenvalue weighted by Gasteiger charge is -2.13. The topological polar surface area (TPSA) is 92.3 Å². The largest absolute Gasteiger partial charge is 0.240 e. The van der Waals surface area contributed by atoms with Crippen molar-refractivity contribution in [2.24, 2.45) is 0 Å². The molecule has 0 atom stereocenters. The molecule has 6 nitrogen and oxygen atoms in total. The molecule has 2 aliphatic carbocycles. The van der Waals surface area contributed by atoms with Crippen LogP contribution in [0.25, 0.3) is 0 Å². The average molecular weight is 373 g/mol. The summed E-state index contributed by atoms with van der Waals surface area (Å²) < 4.78 is 53.5. The Balaban J connectivity index is 1.54. The van der Waals surface area contributed by atoms with E-state index in [0.717, 1.165) is 44.1 Å². The Morgan fingerprint density at radius 2 is 1.54 bits per heavy atom. The monoisotopic (exact) mass is 372 g/mol. The van der Waals surface area contributed by atoms with E-state index >= 15 is 0 Å². The van der Waals surface area contributed by atoms with E-state index in [1.54, 1.807) is 24.3 Å². The lowest BCUT2D eigenvalue weighted by Crippen LogP contribution is -2.32. The third-order valence-electron chi connectivity index (χ3n) is 4.59. The highest BCUT2D eigenvalue weighted by atomic mass is 32.2. The summed E-state index contributed by atoms with van der Waals surface area (Å²) >= 11 is 0. The third kappa shape index (κ3) is 4.56. The minimum absolute atomic E-state index is 0.0477. The molecule has 0 spiro atoms. The van der Waals surface area contributed by atoms with E-state index in [4.69, 9.17) is 0 Å². The van der Waals surface area contributed by atoms with Crippen LogP contribution < -0.4 is 9.44 Å². The Morgan fingerprint density at radius 3 is 2.12 bits per heavy atom. The summed E-state index contributed by atoms with van der Waals surface area (Å²) in [6, 6.07) is 6.71. The van der Waals surface area contributed by atoms with Crippen molar-refractivity contribution in [3.8, 4) is 0 Å². The molecule has 2 saturated carbocycles. The Morgan fingerprint density at radius 1 is 0.917 bits per heavy atom. The van der Waals surface area contributed by atoms with Gasteiger partial charge in [-0.1, -0.05) is 25.0 Å². The predicted molar refractivity (Wildman–Crippen MR) is 92.7 cm³/mol. The second-order valence-corrected chi connectivity index (χ2v) is 10.4. The second kappa shape index (κ2) is 7.11. The molecule has 2 N–H and O–H groups in total. The molecule has 0 radical (unpaired) electrons. The summed E-state index contributed by atoms with van der Waals surface area (Å²) in [6.45, 7) is 0.339. The van der Waals surface area contributed by atoms with Crippen molar-refractivity contribution in [3.05, 3.63) is 29.8 Å². The van der Waals surface area contributed by atoms with E-state index in [1.807, 2.05) is 0 Å². The van der Waals surface area contributed by atoms with Gasteiger partial charge >= 0.3 is 0 Å². The predicted octanol–water partition coefficient (Wildman–Crippen LogP) is 1.53. The van der Waals surface area contributed by atoms with Gasteiger partial charge in [0.2, 0.25) is 20.0 Å². The first-order valence-corrected chi connectivity index (χ1v) is 11.5. The Hall–Kier alpha value is -0.960. The van der Waals surface area contributed by atoms with E-state index < -0.39 is 20.0 Å². The maximum absolute atomic E-state index is 12.3. The Kier molecular flexibility index (Phi) is 5.29. The molecule has 134 valence electrons. The first-order valence-electron chi connectivity index (χ1n) is 8.46. The van der Waals surface area contributed by atoms with Gasteiger partial charge in [-0.25, -0.2) is 26.3 Å². The molecule has 0 saturated heterocycles. The molecular formula is C16H24N2O4S2. The van der Waals surface area contributed by atoms with Crippen LogP contribution in [0.15, 0.2) is 29.2 Å². The van der Waals surface area contributed by atoms with Crippen molar-refractivity contribution < 1.29 is 16.8 Å². The summed E-state index contributed by atoms with van der Waals surface area (Å²) in [7, 11) is -6.63. The number of hydrogen-bond acceptors (Lipinski definition) is 4. The summed E-state index contributed by atoms with van der Waals surface area (Å²) in [6.07, 6.45) is 5.98. The van der Waals surface area contributed by atoms with E-state index in [0.29, 0.717) is 13.0 Å². The number of rotatable bonds is 8. The summed E-state index contributed by atoms with van der Waals surface area (Å²) in [4.78, 5) is 0.261. The molecule has 1 aromatic rings. The zero-order valence-electron chi connectivity index (χ0n) is 13.6. The number of sulfonamides is 2. The molecule has 0 bridgehead atoms. The van der Waals surface area contributed by atoms with Gasteiger partial charge in [-0.2, -0.15) is 0 Å². The van der Waals surface area contributed by atoms with Gasteiger partial charge in [0.05, 0.1) is 10.1 Å². The van der Waals surface area contributed by atoms with Crippen LogP contribution >= 0.6 is 0 Å². The maximum atomic E-state index is 12.3. The van der Waals surface area contributed by atoms with Crippen molar-refractivity contribution in [1.82, 2.24) is 9.44 Å². The van der Waals surface area contributed by atoms with Crippen LogP contribution in [-0.2, 0) is 26.5 Å². The van der Waals surface area contributed by atoms with Gasteiger partial charge in [-0.15, -0.1) is 0 Å². The molecular weight excluding hydrogens is 348 g/mol. The molecule has 24 heavy (non-hydrogen) atoms. The van der Waals surface area contributed by atoms with Crippen LogP contribution in [0.1, 0.15) is 44.1 Å². The van der Waals surface area contributed by atoms with Crippen molar-refractivity contribution in [2.45, 2.75) is 61.1 Å². The number of hydrogen-bond donors (Lipinski definition) is 2. The van der Waals surface area contributed by atoms with E-state index in [9.17, 15) is 16.8 Å². The average Bonchev–Trinajstić information content (AvgIpc) is 3.28. The van der Waals surface area contributed by atoms with Gasteiger partial charge in [0, 0.05) is 12.6 Å². The van der Waals surface area contributed by atoms with Crippen LogP contribution in [0.3, 0.4) is 0 Å². The third-order valence-corrected chi connectivity index (χ3v) is 8.08. The first-order chi connectivity index (χ1) is 11.4. The molecule has 2 aliphatic rings. The summed E-state index contributed by atoms with van der Waals surface area (Å²) in [5.41, 5.74) is 0.910. The molecule has 0 heterocycles. The summed E-state index contributed by atoms with van der Waals surface area (Å²) in [5.74, 6) is 0. The van der Waals surface area contributed by atoms with Crippen molar-refractivity contribution in [2.75, 3.05) is 6.54 Å². The van der Waals surface area contributed by atoms with Crippen molar-refractivity contribution in [3.63, 3.8) is 0 Å². The second-order valence-electron chi connectivity index (χ2n) is 6.64. The Labute approximate surface area is 144 Å². The lowest BCUT2D eigenvalue weighted by molar-refractivity contribution is 0.552. The molecule has 8 heteroatoms. The highest BCUT2D eigenvalue weighted by Gasteiger charge is 2.35. The molecule has 0 aliphatic heterocycles. The van der Waals surface area contributed by atoms with Gasteiger partial charge < -0.3 is 0 Å². The standard InChI is InChI=1S/C16H24N2O4S2/c19-23(20,15-9-10-15)17-12-11-13-5-7-16(8-6-13)24(21,22)18-14-3-1-2-4-14/h5-8,14-15,17-18H,1-4,9-12H2. The fraction of sp³-hybridized carbons (Fsp3) is 0.625. The van der Waals surface area contributed by atoms with Crippen LogP contribution in [0.2, 0.25) is 0 Å². The maximum Gasteiger partial charge on any atom is 0.240 e. The van der Waals surface area contributed by atoms with Gasteiger partial charge in [0.25, 0.3) is 0 Å². The minimum atomic E-state index is -3.47. The van der Waals surface area contributed by atoms with E-state index in [2.05, 4.69) is 9.44 Å². The minimum Gasteiger partial charge on any atom is -0.215 e. The molecule has 0 amide bonds. The highest BCUT2D eigenvalue weighted by Crippen LogP contribution is 2.27. The lowest BCUT2D eigenvalue weighted by atomic mass is 10.2. The molecule has 0 unspecified atom stereocenters. The Bertz CT molecular complexity index is 763. The van der Waals surface area contributed by atoms with Crippen molar-refractivity contribution in [1.29, 1.82) is 0 Å². The SMILES string of the molecule is O=S(=O)(NC1CCCC1)c1ccc(CCNS(=O)(=O)C2CC2)cc1. The van der Waals surface area contributed by atoms with Crippen LogP contribution in [0.4, 0.5) is 0 Å². The van der Waals surface area contributed by atoms with Crippen LogP contribution in [0.5, 0.6) is 0 Å². The van der Waals surface area contributed by atoms with Crippen molar-refractivity contribution >= 4 is 20.0 Å². The molecule has 1 aromatic carbocycles. The zero-order valence-corrected chi connectivity index (χ0v) is 15.2. The number of nitrogens with one attached hydrogen (secondary N) is 2. The first kappa shape index (κ1) is 17.8. The van der Waals surface area contributed by atoms with Gasteiger partial charge in [-0.05, 0) is 49.8 Å². The summed E-state index contributed by atoms with van der Waals surface area (Å²) in [5, 5.41) is -0.216. The smallest absolute Gasteiger partial charge is 0.215 e. The number of benzene rings is 1.